The number of primary sulfonamides is 1. The molecule has 0 saturated heterocycles. The van der Waals surface area contributed by atoms with Crippen LogP contribution in [0.25, 0.3) is 5.69 Å². The number of rotatable bonds is 4. The average Bonchev–Trinajstić information content (AvgIpc) is 2.79. The van der Waals surface area contributed by atoms with Gasteiger partial charge in [-0.3, -0.25) is 0 Å². The van der Waals surface area contributed by atoms with Gasteiger partial charge >= 0.3 is 0 Å². The molecule has 0 spiro atoms. The molecular weight excluding hydrogens is 276 g/mol. The highest BCUT2D eigenvalue weighted by atomic mass is 32.2. The molecular formula is C13H18N4O2S. The minimum absolute atomic E-state index is 0.0450. The molecule has 0 aliphatic heterocycles. The summed E-state index contributed by atoms with van der Waals surface area (Å²) in [6, 6.07) is 3.11. The Labute approximate surface area is 118 Å². The summed E-state index contributed by atoms with van der Waals surface area (Å²) in [6.07, 6.45) is 5.22. The Morgan fingerprint density at radius 2 is 2.05 bits per heavy atom. The fourth-order valence-electron chi connectivity index (χ4n) is 2.20. The molecule has 1 aromatic carbocycles. The molecule has 0 unspecified atom stereocenters. The zero-order valence-corrected chi connectivity index (χ0v) is 12.3. The van der Waals surface area contributed by atoms with Crippen LogP contribution in [0, 0.1) is 6.92 Å². The first-order valence-corrected chi connectivity index (χ1v) is 7.84. The van der Waals surface area contributed by atoms with Gasteiger partial charge < -0.3 is 10.3 Å². The van der Waals surface area contributed by atoms with Gasteiger partial charge in [0.15, 0.2) is 0 Å². The van der Waals surface area contributed by atoms with Gasteiger partial charge in [-0.1, -0.05) is 6.92 Å². The fourth-order valence-corrected chi connectivity index (χ4v) is 3.03. The zero-order chi connectivity index (χ0) is 14.9. The fraction of sp³-hybridized carbons (Fsp3) is 0.308. The molecule has 7 heteroatoms. The summed E-state index contributed by atoms with van der Waals surface area (Å²) in [5.74, 6) is 0.863. The molecule has 1 heterocycles. The minimum Gasteiger partial charge on any atom is -0.399 e. The molecule has 2 aromatic rings. The Hall–Kier alpha value is -1.86. The number of hydrogen-bond donors (Lipinski definition) is 2. The van der Waals surface area contributed by atoms with Crippen molar-refractivity contribution in [3.63, 3.8) is 0 Å². The maximum absolute atomic E-state index is 11.6. The maximum Gasteiger partial charge on any atom is 0.238 e. The summed E-state index contributed by atoms with van der Waals surface area (Å²) in [6.45, 7) is 3.77. The Bertz CT molecular complexity index is 735. The lowest BCUT2D eigenvalue weighted by Crippen LogP contribution is -2.16. The van der Waals surface area contributed by atoms with Gasteiger partial charge in [-0.25, -0.2) is 18.5 Å². The number of benzene rings is 1. The molecule has 0 aliphatic carbocycles. The van der Waals surface area contributed by atoms with E-state index in [9.17, 15) is 8.42 Å². The van der Waals surface area contributed by atoms with Crippen LogP contribution in [0.2, 0.25) is 0 Å². The first kappa shape index (κ1) is 14.5. The second kappa shape index (κ2) is 5.26. The lowest BCUT2D eigenvalue weighted by Gasteiger charge is -2.14. The van der Waals surface area contributed by atoms with Gasteiger partial charge in [0.05, 0.1) is 10.6 Å². The van der Waals surface area contributed by atoms with Crippen LogP contribution in [-0.2, 0) is 16.4 Å². The van der Waals surface area contributed by atoms with Gasteiger partial charge in [-0.2, -0.15) is 0 Å². The number of anilines is 1. The maximum atomic E-state index is 11.6. The number of aromatic nitrogens is 2. The van der Waals surface area contributed by atoms with E-state index in [0.29, 0.717) is 16.9 Å². The van der Waals surface area contributed by atoms with Gasteiger partial charge in [0.25, 0.3) is 0 Å². The molecule has 0 aliphatic rings. The standard InChI is InChI=1S/C13H18N4O2S/c1-3-4-13-16-5-6-17(13)11-7-10(14)8-12(9(11)2)20(15,18)19/h5-8H,3-4,14H2,1-2H3,(H2,15,18,19). The van der Waals surface area contributed by atoms with E-state index in [-0.39, 0.29) is 4.90 Å². The van der Waals surface area contributed by atoms with Crippen molar-refractivity contribution >= 4 is 15.7 Å². The summed E-state index contributed by atoms with van der Waals surface area (Å²) in [5, 5.41) is 5.24. The Kier molecular flexibility index (Phi) is 3.82. The number of imidazole rings is 1. The van der Waals surface area contributed by atoms with E-state index in [0.717, 1.165) is 18.7 Å². The molecule has 20 heavy (non-hydrogen) atoms. The largest absolute Gasteiger partial charge is 0.399 e. The van der Waals surface area contributed by atoms with Gasteiger partial charge in [0.2, 0.25) is 10.0 Å². The first-order chi connectivity index (χ1) is 9.34. The minimum atomic E-state index is -3.81. The summed E-state index contributed by atoms with van der Waals surface area (Å²) >= 11 is 0. The third-order valence-corrected chi connectivity index (χ3v) is 4.15. The van der Waals surface area contributed by atoms with E-state index in [1.54, 1.807) is 25.4 Å². The van der Waals surface area contributed by atoms with Gasteiger partial charge in [-0.05, 0) is 31.0 Å². The molecule has 0 fully saturated rings. The normalized spacial score (nSPS) is 11.8. The molecule has 0 bridgehead atoms. The van der Waals surface area contributed by atoms with E-state index in [1.807, 2.05) is 4.57 Å². The molecule has 4 N–H and O–H groups in total. The monoisotopic (exact) mass is 294 g/mol. The van der Waals surface area contributed by atoms with Crippen molar-refractivity contribution in [2.45, 2.75) is 31.6 Å². The van der Waals surface area contributed by atoms with Crippen molar-refractivity contribution in [3.05, 3.63) is 35.9 Å². The van der Waals surface area contributed by atoms with Crippen molar-refractivity contribution < 1.29 is 8.42 Å². The van der Waals surface area contributed by atoms with Crippen LogP contribution in [-0.4, -0.2) is 18.0 Å². The molecule has 0 radical (unpaired) electrons. The predicted molar refractivity (Wildman–Crippen MR) is 78.1 cm³/mol. The highest BCUT2D eigenvalue weighted by Crippen LogP contribution is 2.26. The van der Waals surface area contributed by atoms with Crippen molar-refractivity contribution in [3.8, 4) is 5.69 Å². The van der Waals surface area contributed by atoms with Crippen molar-refractivity contribution in [1.82, 2.24) is 9.55 Å². The quantitative estimate of drug-likeness (QED) is 0.831. The molecule has 0 amide bonds. The number of sulfonamides is 1. The van der Waals surface area contributed by atoms with Gasteiger partial charge in [-0.15, -0.1) is 0 Å². The van der Waals surface area contributed by atoms with Gasteiger partial charge in [0, 0.05) is 24.5 Å². The van der Waals surface area contributed by atoms with Crippen LogP contribution < -0.4 is 10.9 Å². The third kappa shape index (κ3) is 2.68. The summed E-state index contributed by atoms with van der Waals surface area (Å²) in [7, 11) is -3.81. The van der Waals surface area contributed by atoms with Crippen LogP contribution in [0.3, 0.4) is 0 Å². The van der Waals surface area contributed by atoms with Crippen LogP contribution in [0.5, 0.6) is 0 Å². The number of aryl methyl sites for hydroxylation is 1. The molecule has 108 valence electrons. The van der Waals surface area contributed by atoms with E-state index < -0.39 is 10.0 Å². The smallest absolute Gasteiger partial charge is 0.238 e. The summed E-state index contributed by atoms with van der Waals surface area (Å²) in [4.78, 5) is 4.33. The lowest BCUT2D eigenvalue weighted by atomic mass is 10.1. The molecule has 6 nitrogen and oxygen atoms in total. The van der Waals surface area contributed by atoms with Gasteiger partial charge in [0.1, 0.15) is 5.82 Å². The summed E-state index contributed by atoms with van der Waals surface area (Å²) < 4.78 is 25.1. The number of nitrogen functional groups attached to an aromatic ring is 1. The third-order valence-electron chi connectivity index (χ3n) is 3.11. The number of nitrogens with two attached hydrogens (primary N) is 2. The molecule has 1 aromatic heterocycles. The van der Waals surface area contributed by atoms with E-state index >= 15 is 0 Å². The highest BCUT2D eigenvalue weighted by Gasteiger charge is 2.17. The van der Waals surface area contributed by atoms with E-state index in [4.69, 9.17) is 10.9 Å². The second-order valence-electron chi connectivity index (χ2n) is 4.67. The van der Waals surface area contributed by atoms with E-state index in [2.05, 4.69) is 11.9 Å². The van der Waals surface area contributed by atoms with Crippen LogP contribution in [0.15, 0.2) is 29.4 Å². The molecule has 0 saturated carbocycles. The van der Waals surface area contributed by atoms with Crippen LogP contribution >= 0.6 is 0 Å². The SMILES string of the molecule is CCCc1nccn1-c1cc(N)cc(S(N)(=O)=O)c1C. The Morgan fingerprint density at radius 1 is 1.35 bits per heavy atom. The van der Waals surface area contributed by atoms with Crippen molar-refractivity contribution in [1.29, 1.82) is 0 Å². The van der Waals surface area contributed by atoms with Crippen molar-refractivity contribution in [2.24, 2.45) is 5.14 Å². The predicted octanol–water partition coefficient (Wildman–Crippen LogP) is 1.36. The number of nitrogens with zero attached hydrogens (tertiary/aromatic N) is 2. The Balaban J connectivity index is 2.69. The van der Waals surface area contributed by atoms with Crippen LogP contribution in [0.1, 0.15) is 24.7 Å². The highest BCUT2D eigenvalue weighted by molar-refractivity contribution is 7.89. The molecule has 0 atom stereocenters. The van der Waals surface area contributed by atoms with Crippen LogP contribution in [0.4, 0.5) is 5.69 Å². The number of hydrogen-bond acceptors (Lipinski definition) is 4. The average molecular weight is 294 g/mol. The van der Waals surface area contributed by atoms with Crippen molar-refractivity contribution in [2.75, 3.05) is 5.73 Å². The van der Waals surface area contributed by atoms with E-state index in [1.165, 1.54) is 6.07 Å². The first-order valence-electron chi connectivity index (χ1n) is 6.30. The second-order valence-corrected chi connectivity index (χ2v) is 6.20. The summed E-state index contributed by atoms with van der Waals surface area (Å²) in [5.41, 5.74) is 7.41. The Morgan fingerprint density at radius 3 is 2.65 bits per heavy atom. The lowest BCUT2D eigenvalue weighted by molar-refractivity contribution is 0.597. The zero-order valence-electron chi connectivity index (χ0n) is 11.5. The topological polar surface area (TPSA) is 104 Å². The molecule has 2 rings (SSSR count).